The van der Waals surface area contributed by atoms with Gasteiger partial charge in [0.05, 0.1) is 18.4 Å². The van der Waals surface area contributed by atoms with Gasteiger partial charge in [-0.25, -0.2) is 0 Å². The number of benzene rings is 3. The van der Waals surface area contributed by atoms with Gasteiger partial charge < -0.3 is 19.2 Å². The summed E-state index contributed by atoms with van der Waals surface area (Å²) < 4.78 is 13.3. The molecule has 4 aromatic rings. The highest BCUT2D eigenvalue weighted by molar-refractivity contribution is 6.99. The normalized spacial score (nSPS) is 15.9. The molecular weight excluding hydrogens is 573 g/mol. The van der Waals surface area contributed by atoms with E-state index in [1.54, 1.807) is 18.3 Å². The van der Waals surface area contributed by atoms with Crippen LogP contribution in [0.5, 0.6) is 5.75 Å². The Labute approximate surface area is 268 Å². The summed E-state index contributed by atoms with van der Waals surface area (Å²) in [5.74, 6) is 0.227. The molecule has 45 heavy (non-hydrogen) atoms. The summed E-state index contributed by atoms with van der Waals surface area (Å²) >= 11 is 0. The minimum atomic E-state index is -2.75. The largest absolute Gasteiger partial charge is 0.508 e. The number of phenolic OH excluding ortho intramolecular Hbond substituents is 1. The van der Waals surface area contributed by atoms with Crippen molar-refractivity contribution in [2.75, 3.05) is 6.61 Å². The zero-order chi connectivity index (χ0) is 31.9. The van der Waals surface area contributed by atoms with E-state index >= 15 is 0 Å². The maximum atomic E-state index is 10.5. The molecule has 5 rings (SSSR count). The molecular formula is C38H42BNO4Si. The van der Waals surface area contributed by atoms with Gasteiger partial charge in [0.1, 0.15) is 5.75 Å². The van der Waals surface area contributed by atoms with Crippen LogP contribution in [0.15, 0.2) is 133 Å². The lowest BCUT2D eigenvalue weighted by Crippen LogP contribution is -2.66. The van der Waals surface area contributed by atoms with E-state index in [1.807, 2.05) is 42.5 Å². The van der Waals surface area contributed by atoms with Crippen LogP contribution in [0.25, 0.3) is 11.6 Å². The van der Waals surface area contributed by atoms with Gasteiger partial charge in [0, 0.05) is 12.5 Å². The van der Waals surface area contributed by atoms with E-state index in [4.69, 9.17) is 9.08 Å². The van der Waals surface area contributed by atoms with Crippen LogP contribution < -0.4 is 10.4 Å². The highest BCUT2D eigenvalue weighted by Gasteiger charge is 2.50. The third kappa shape index (κ3) is 7.63. The van der Waals surface area contributed by atoms with E-state index in [-0.39, 0.29) is 16.9 Å². The highest BCUT2D eigenvalue weighted by Crippen LogP contribution is 2.38. The van der Waals surface area contributed by atoms with Gasteiger partial charge >= 0.3 is 7.12 Å². The molecule has 1 atom stereocenters. The Bertz CT molecular complexity index is 1580. The summed E-state index contributed by atoms with van der Waals surface area (Å²) in [5.41, 5.74) is 4.72. The SMILES string of the molecule is C=C(CO[Si](c1ccccc1)(c1ccccc1)C(C)(C)C)C1=CCB(O)OC1CC/C(=C/c1ccc(O)cc1)c1ccccn1. The number of hydrogen-bond acceptors (Lipinski definition) is 5. The summed E-state index contributed by atoms with van der Waals surface area (Å²) in [6, 6.07) is 34.2. The number of nitrogens with zero attached hydrogens (tertiary/aromatic N) is 1. The second-order valence-electron chi connectivity index (χ2n) is 12.5. The first kappa shape index (κ1) is 32.4. The molecule has 0 bridgehead atoms. The zero-order valence-electron chi connectivity index (χ0n) is 26.4. The number of aromatic nitrogens is 1. The lowest BCUT2D eigenvalue weighted by atomic mass is 9.78. The molecule has 0 radical (unpaired) electrons. The summed E-state index contributed by atoms with van der Waals surface area (Å²) in [5, 5.41) is 22.6. The molecule has 1 aromatic heterocycles. The first-order chi connectivity index (χ1) is 21.7. The Kier molecular flexibility index (Phi) is 10.4. The second-order valence-corrected chi connectivity index (χ2v) is 16.9. The van der Waals surface area contributed by atoms with Gasteiger partial charge in [-0.05, 0) is 80.9 Å². The van der Waals surface area contributed by atoms with Gasteiger partial charge in [-0.1, -0.05) is 112 Å². The molecule has 0 spiro atoms. The van der Waals surface area contributed by atoms with Crippen LogP contribution >= 0.6 is 0 Å². The summed E-state index contributed by atoms with van der Waals surface area (Å²) in [6.45, 7) is 11.7. The predicted molar refractivity (Wildman–Crippen MR) is 188 cm³/mol. The Balaban J connectivity index is 1.40. The van der Waals surface area contributed by atoms with Crippen molar-refractivity contribution in [3.8, 4) is 5.75 Å². The predicted octanol–water partition coefficient (Wildman–Crippen LogP) is 7.05. The molecule has 0 fully saturated rings. The number of rotatable bonds is 11. The van der Waals surface area contributed by atoms with Crippen LogP contribution in [-0.4, -0.2) is 43.3 Å². The molecule has 1 unspecified atom stereocenters. The standard InChI is InChI=1S/C38H42BNO4Si/c1-29(28-43-45(38(2,3)4,33-13-7-5-8-14-33)34-15-9-6-10-16-34)35-24-25-39(42)44-37(35)23-20-31(36-17-11-12-26-40-36)27-30-18-21-32(41)22-19-30/h5-19,21-22,24,26-27,37,41-42H,1,20,23,25,28H2,2-4H3/b31-27-. The van der Waals surface area contributed by atoms with E-state index in [2.05, 4.69) is 93.0 Å². The lowest BCUT2D eigenvalue weighted by Gasteiger charge is -2.43. The van der Waals surface area contributed by atoms with Crippen molar-refractivity contribution >= 4 is 37.5 Å². The molecule has 230 valence electrons. The van der Waals surface area contributed by atoms with E-state index in [9.17, 15) is 10.1 Å². The molecule has 0 saturated heterocycles. The molecule has 3 aromatic carbocycles. The Morgan fingerprint density at radius 3 is 2.16 bits per heavy atom. The zero-order valence-corrected chi connectivity index (χ0v) is 27.4. The number of aromatic hydroxyl groups is 1. The fourth-order valence-corrected chi connectivity index (χ4v) is 10.7. The molecule has 0 aliphatic carbocycles. The van der Waals surface area contributed by atoms with E-state index in [1.165, 1.54) is 10.4 Å². The van der Waals surface area contributed by atoms with Gasteiger partial charge in [-0.15, -0.1) is 0 Å². The van der Waals surface area contributed by atoms with Gasteiger partial charge in [0.2, 0.25) is 0 Å². The Hall–Kier alpha value is -4.01. The molecule has 0 amide bonds. The van der Waals surface area contributed by atoms with Crippen molar-refractivity contribution in [2.45, 2.75) is 51.1 Å². The summed E-state index contributed by atoms with van der Waals surface area (Å²) in [7, 11) is -3.62. The molecule has 7 heteroatoms. The first-order valence-corrected chi connectivity index (χ1v) is 17.5. The third-order valence-electron chi connectivity index (χ3n) is 8.40. The van der Waals surface area contributed by atoms with E-state index in [0.29, 0.717) is 25.8 Å². The average Bonchev–Trinajstić information content (AvgIpc) is 3.05. The van der Waals surface area contributed by atoms with Gasteiger partial charge in [-0.2, -0.15) is 0 Å². The van der Waals surface area contributed by atoms with Crippen LogP contribution in [0.4, 0.5) is 0 Å². The number of allylic oxidation sites excluding steroid dienone is 2. The molecule has 5 nitrogen and oxygen atoms in total. The fraction of sp³-hybridized carbons (Fsp3) is 0.237. The highest BCUT2D eigenvalue weighted by atomic mass is 28.4. The van der Waals surface area contributed by atoms with E-state index in [0.717, 1.165) is 28.0 Å². The minimum absolute atomic E-state index is 0.153. The van der Waals surface area contributed by atoms with Crippen molar-refractivity contribution in [1.29, 1.82) is 0 Å². The van der Waals surface area contributed by atoms with Crippen LogP contribution in [0.3, 0.4) is 0 Å². The summed E-state index contributed by atoms with van der Waals surface area (Å²) in [6.07, 6.45) is 7.27. The smallest absolute Gasteiger partial charge is 0.458 e. The van der Waals surface area contributed by atoms with Gasteiger partial charge in [-0.3, -0.25) is 4.98 Å². The van der Waals surface area contributed by atoms with Gasteiger partial charge in [0.15, 0.2) is 0 Å². The van der Waals surface area contributed by atoms with Crippen molar-refractivity contribution in [3.05, 3.63) is 144 Å². The van der Waals surface area contributed by atoms with Crippen molar-refractivity contribution < 1.29 is 19.2 Å². The summed E-state index contributed by atoms with van der Waals surface area (Å²) in [4.78, 5) is 4.61. The second kappa shape index (κ2) is 14.4. The van der Waals surface area contributed by atoms with Gasteiger partial charge in [0.25, 0.3) is 8.32 Å². The Morgan fingerprint density at radius 2 is 1.58 bits per heavy atom. The van der Waals surface area contributed by atoms with Crippen LogP contribution in [0.2, 0.25) is 11.4 Å². The van der Waals surface area contributed by atoms with Crippen molar-refractivity contribution in [2.24, 2.45) is 0 Å². The molecule has 2 N–H and O–H groups in total. The fourth-order valence-electron chi connectivity index (χ4n) is 6.20. The van der Waals surface area contributed by atoms with Crippen LogP contribution in [0, 0.1) is 0 Å². The van der Waals surface area contributed by atoms with E-state index < -0.39 is 15.4 Å². The maximum absolute atomic E-state index is 10.5. The quantitative estimate of drug-likeness (QED) is 0.177. The molecule has 1 aliphatic rings. The van der Waals surface area contributed by atoms with Crippen molar-refractivity contribution in [3.63, 3.8) is 0 Å². The monoisotopic (exact) mass is 615 g/mol. The first-order valence-electron chi connectivity index (χ1n) is 15.5. The molecule has 2 heterocycles. The maximum Gasteiger partial charge on any atom is 0.458 e. The minimum Gasteiger partial charge on any atom is -0.508 e. The number of phenols is 1. The van der Waals surface area contributed by atoms with Crippen molar-refractivity contribution in [1.82, 2.24) is 4.98 Å². The number of hydrogen-bond donors (Lipinski definition) is 2. The Morgan fingerprint density at radius 1 is 0.956 bits per heavy atom. The topological polar surface area (TPSA) is 71.8 Å². The molecule has 1 aliphatic heterocycles. The third-order valence-corrected chi connectivity index (χ3v) is 13.4. The lowest BCUT2D eigenvalue weighted by molar-refractivity contribution is 0.182. The van der Waals surface area contributed by atoms with Crippen LogP contribution in [-0.2, 0) is 9.08 Å². The van der Waals surface area contributed by atoms with Crippen LogP contribution in [0.1, 0.15) is 44.9 Å². The number of pyridine rings is 1. The average molecular weight is 616 g/mol. The molecule has 0 saturated carbocycles.